The normalized spacial score (nSPS) is 49.4. The van der Waals surface area contributed by atoms with Crippen molar-refractivity contribution in [3.8, 4) is 0 Å². The van der Waals surface area contributed by atoms with Crippen molar-refractivity contribution in [1.82, 2.24) is 0 Å². The molecular formula is C27H48O. The first-order valence-electron chi connectivity index (χ1n) is 12.9. The Balaban J connectivity index is 1.46. The fraction of sp³-hybridized carbons (Fsp3) is 1.00. The van der Waals surface area contributed by atoms with Gasteiger partial charge in [-0.3, -0.25) is 0 Å². The molecule has 0 aliphatic heterocycles. The van der Waals surface area contributed by atoms with E-state index in [1.165, 1.54) is 64.2 Å². The maximum absolute atomic E-state index is 10.3. The average Bonchev–Trinajstić information content (AvgIpc) is 2.99. The Morgan fingerprint density at radius 1 is 0.821 bits per heavy atom. The fourth-order valence-electron chi connectivity index (χ4n) is 9.26. The Kier molecular flexibility index (Phi) is 5.98. The maximum Gasteiger partial charge on any atom is 0.0543 e. The summed E-state index contributed by atoms with van der Waals surface area (Å²) >= 11 is 0. The lowest BCUT2D eigenvalue weighted by atomic mass is 9.44. The molecule has 1 N–H and O–H groups in total. The van der Waals surface area contributed by atoms with E-state index in [1.54, 1.807) is 0 Å². The van der Waals surface area contributed by atoms with Gasteiger partial charge in [0.2, 0.25) is 0 Å². The molecule has 0 amide bonds. The van der Waals surface area contributed by atoms with E-state index in [2.05, 4.69) is 34.6 Å². The van der Waals surface area contributed by atoms with Gasteiger partial charge in [0.05, 0.1) is 6.10 Å². The molecule has 28 heavy (non-hydrogen) atoms. The zero-order valence-electron chi connectivity index (χ0n) is 19.6. The summed E-state index contributed by atoms with van der Waals surface area (Å²) in [6.45, 7) is 12.7. The summed E-state index contributed by atoms with van der Waals surface area (Å²) in [5, 5.41) is 10.3. The molecule has 0 aromatic rings. The molecular weight excluding hydrogens is 340 g/mol. The van der Waals surface area contributed by atoms with E-state index in [9.17, 15) is 5.11 Å². The molecule has 0 saturated heterocycles. The van der Waals surface area contributed by atoms with Crippen LogP contribution in [0.3, 0.4) is 0 Å². The second-order valence-electron chi connectivity index (χ2n) is 12.6. The van der Waals surface area contributed by atoms with E-state index in [0.29, 0.717) is 10.8 Å². The smallest absolute Gasteiger partial charge is 0.0543 e. The quantitative estimate of drug-likeness (QED) is 0.518. The van der Waals surface area contributed by atoms with Crippen LogP contribution in [0.2, 0.25) is 0 Å². The van der Waals surface area contributed by atoms with Gasteiger partial charge in [0, 0.05) is 0 Å². The van der Waals surface area contributed by atoms with E-state index in [4.69, 9.17) is 0 Å². The van der Waals surface area contributed by atoms with E-state index in [1.807, 2.05) is 0 Å². The largest absolute Gasteiger partial charge is 0.393 e. The minimum Gasteiger partial charge on any atom is -0.393 e. The monoisotopic (exact) mass is 388 g/mol. The van der Waals surface area contributed by atoms with Gasteiger partial charge >= 0.3 is 0 Å². The average molecular weight is 389 g/mol. The Bertz CT molecular complexity index is 540. The van der Waals surface area contributed by atoms with Crippen molar-refractivity contribution in [3.63, 3.8) is 0 Å². The lowest BCUT2D eigenvalue weighted by molar-refractivity contribution is -0.129. The molecule has 4 rings (SSSR count). The van der Waals surface area contributed by atoms with Gasteiger partial charge in [0.15, 0.2) is 0 Å². The summed E-state index contributed by atoms with van der Waals surface area (Å²) in [4.78, 5) is 0. The highest BCUT2D eigenvalue weighted by Crippen LogP contribution is 2.68. The van der Waals surface area contributed by atoms with Gasteiger partial charge in [-0.25, -0.2) is 0 Å². The lowest BCUT2D eigenvalue weighted by Gasteiger charge is -2.61. The first kappa shape index (κ1) is 21.2. The van der Waals surface area contributed by atoms with Crippen molar-refractivity contribution < 1.29 is 5.11 Å². The van der Waals surface area contributed by atoms with Gasteiger partial charge in [-0.1, -0.05) is 53.9 Å². The van der Waals surface area contributed by atoms with Gasteiger partial charge in [-0.05, 0) is 110 Å². The molecule has 0 radical (unpaired) electrons. The van der Waals surface area contributed by atoms with Crippen LogP contribution in [0, 0.1) is 52.3 Å². The minimum absolute atomic E-state index is 0.00830. The van der Waals surface area contributed by atoms with Crippen molar-refractivity contribution in [3.05, 3.63) is 0 Å². The summed E-state index contributed by atoms with van der Waals surface area (Å²) in [6.07, 6.45) is 16.6. The molecule has 1 heteroatoms. The highest BCUT2D eigenvalue weighted by Gasteiger charge is 2.60. The SMILES string of the molecule is CC(C)CCC[C@@H](C)[C@H]1CC[C@H]2[C@@H]3CC[C@@H]4C[C@H](O)CC[C@]4(C)[C@H]3CC[C@]12C. The van der Waals surface area contributed by atoms with E-state index in [-0.39, 0.29) is 6.10 Å². The Morgan fingerprint density at radius 2 is 1.54 bits per heavy atom. The van der Waals surface area contributed by atoms with Gasteiger partial charge < -0.3 is 5.11 Å². The number of hydrogen-bond acceptors (Lipinski definition) is 1. The molecule has 1 nitrogen and oxygen atoms in total. The molecule has 0 aromatic carbocycles. The standard InChI is InChI=1S/C27H48O/c1-18(2)7-6-8-19(3)23-11-12-24-22-10-9-20-17-21(28)13-15-26(20,4)25(22)14-16-27(23,24)5/h18-25,28H,6-17H2,1-5H3/t19-,20-,21-,22+,23-,24+,25+,26+,27-/m1/s1. The summed E-state index contributed by atoms with van der Waals surface area (Å²) < 4.78 is 0. The minimum atomic E-state index is -0.00830. The third-order valence-electron chi connectivity index (χ3n) is 10.8. The van der Waals surface area contributed by atoms with Gasteiger partial charge in [-0.15, -0.1) is 0 Å². The molecule has 0 unspecified atom stereocenters. The van der Waals surface area contributed by atoms with Crippen LogP contribution in [0.15, 0.2) is 0 Å². The second-order valence-corrected chi connectivity index (χ2v) is 12.6. The summed E-state index contributed by atoms with van der Waals surface area (Å²) in [7, 11) is 0. The molecule has 0 bridgehead atoms. The third kappa shape index (κ3) is 3.50. The number of aliphatic hydroxyl groups excluding tert-OH is 1. The van der Waals surface area contributed by atoms with Crippen molar-refractivity contribution in [2.24, 2.45) is 52.3 Å². The predicted octanol–water partition coefficient (Wildman–Crippen LogP) is 7.47. The maximum atomic E-state index is 10.3. The molecule has 0 heterocycles. The lowest BCUT2D eigenvalue weighted by Crippen LogP contribution is -2.54. The van der Waals surface area contributed by atoms with E-state index in [0.717, 1.165) is 54.3 Å². The zero-order chi connectivity index (χ0) is 20.1. The van der Waals surface area contributed by atoms with Crippen molar-refractivity contribution in [2.45, 2.75) is 118 Å². The highest BCUT2D eigenvalue weighted by molar-refractivity contribution is 5.09. The van der Waals surface area contributed by atoms with Gasteiger partial charge in [-0.2, -0.15) is 0 Å². The van der Waals surface area contributed by atoms with Crippen LogP contribution >= 0.6 is 0 Å². The molecule has 0 aromatic heterocycles. The van der Waals surface area contributed by atoms with Crippen molar-refractivity contribution in [1.29, 1.82) is 0 Å². The molecule has 4 aliphatic rings. The van der Waals surface area contributed by atoms with Crippen LogP contribution in [-0.4, -0.2) is 11.2 Å². The predicted molar refractivity (Wildman–Crippen MR) is 119 cm³/mol. The highest BCUT2D eigenvalue weighted by atomic mass is 16.3. The van der Waals surface area contributed by atoms with Crippen LogP contribution in [0.5, 0.6) is 0 Å². The van der Waals surface area contributed by atoms with Crippen LogP contribution in [0.4, 0.5) is 0 Å². The molecule has 4 aliphatic carbocycles. The van der Waals surface area contributed by atoms with Gasteiger partial charge in [0.25, 0.3) is 0 Å². The summed E-state index contributed by atoms with van der Waals surface area (Å²) in [5.41, 5.74) is 1.15. The first-order chi connectivity index (χ1) is 13.3. The zero-order valence-corrected chi connectivity index (χ0v) is 19.6. The molecule has 162 valence electrons. The molecule has 4 saturated carbocycles. The van der Waals surface area contributed by atoms with E-state index < -0.39 is 0 Å². The van der Waals surface area contributed by atoms with Crippen molar-refractivity contribution in [2.75, 3.05) is 0 Å². The second kappa shape index (κ2) is 7.90. The molecule has 0 spiro atoms. The number of fused-ring (bicyclic) bond motifs is 5. The molecule has 4 fully saturated rings. The summed E-state index contributed by atoms with van der Waals surface area (Å²) in [6, 6.07) is 0. The Hall–Kier alpha value is -0.0400. The molecule has 9 atom stereocenters. The fourth-order valence-corrected chi connectivity index (χ4v) is 9.26. The van der Waals surface area contributed by atoms with Crippen molar-refractivity contribution >= 4 is 0 Å². The topological polar surface area (TPSA) is 20.2 Å². The Labute approximate surface area is 175 Å². The number of aliphatic hydroxyl groups is 1. The van der Waals surface area contributed by atoms with Crippen LogP contribution < -0.4 is 0 Å². The number of hydrogen-bond donors (Lipinski definition) is 1. The van der Waals surface area contributed by atoms with Gasteiger partial charge in [0.1, 0.15) is 0 Å². The third-order valence-corrected chi connectivity index (χ3v) is 10.8. The Morgan fingerprint density at radius 3 is 2.29 bits per heavy atom. The van der Waals surface area contributed by atoms with Crippen LogP contribution in [0.25, 0.3) is 0 Å². The summed E-state index contributed by atoms with van der Waals surface area (Å²) in [5.74, 6) is 6.49. The van der Waals surface area contributed by atoms with Crippen LogP contribution in [-0.2, 0) is 0 Å². The first-order valence-corrected chi connectivity index (χ1v) is 12.9. The van der Waals surface area contributed by atoms with E-state index >= 15 is 0 Å². The number of rotatable bonds is 5. The van der Waals surface area contributed by atoms with Crippen LogP contribution in [0.1, 0.15) is 112 Å².